The minimum Gasteiger partial charge on any atom is -0.495 e. The van der Waals surface area contributed by atoms with Crippen molar-refractivity contribution in [2.75, 3.05) is 12.4 Å². The predicted octanol–water partition coefficient (Wildman–Crippen LogP) is 5.23. The van der Waals surface area contributed by atoms with Crippen molar-refractivity contribution in [2.45, 2.75) is 17.1 Å². The van der Waals surface area contributed by atoms with Crippen LogP contribution in [0.1, 0.15) is 6.92 Å². The number of rotatable bonds is 5. The molecule has 0 saturated heterocycles. The average molecular weight is 401 g/mol. The first kappa shape index (κ1) is 17.2. The lowest BCUT2D eigenvalue weighted by Gasteiger charge is -2.15. The van der Waals surface area contributed by atoms with Gasteiger partial charge in [0.25, 0.3) is 0 Å². The van der Waals surface area contributed by atoms with Crippen LogP contribution < -0.4 is 10.1 Å². The molecule has 0 spiro atoms. The fraction of sp³-hybridized carbons (Fsp3) is 0.188. The molecule has 1 unspecified atom stereocenters. The molecule has 1 amide bonds. The fourth-order valence-corrected chi connectivity index (χ4v) is 3.42. The first-order valence-electron chi connectivity index (χ1n) is 6.57. The number of thioether (sulfide) groups is 1. The summed E-state index contributed by atoms with van der Waals surface area (Å²) < 4.78 is 6.20. The largest absolute Gasteiger partial charge is 0.495 e. The summed E-state index contributed by atoms with van der Waals surface area (Å²) >= 11 is 10.9. The summed E-state index contributed by atoms with van der Waals surface area (Å²) in [6.45, 7) is 1.86. The van der Waals surface area contributed by atoms with Gasteiger partial charge in [-0.05, 0) is 53.2 Å². The Morgan fingerprint density at radius 2 is 2.05 bits per heavy atom. The molecule has 1 N–H and O–H groups in total. The molecule has 0 radical (unpaired) electrons. The molecule has 2 aromatic rings. The number of halogens is 2. The van der Waals surface area contributed by atoms with E-state index in [1.165, 1.54) is 11.8 Å². The second-order valence-electron chi connectivity index (χ2n) is 4.52. The molecule has 6 heteroatoms. The van der Waals surface area contributed by atoms with Crippen molar-refractivity contribution in [1.29, 1.82) is 0 Å². The molecule has 0 fully saturated rings. The van der Waals surface area contributed by atoms with Crippen molar-refractivity contribution in [1.82, 2.24) is 0 Å². The highest BCUT2D eigenvalue weighted by Gasteiger charge is 2.17. The number of carbonyl (C=O) groups is 1. The van der Waals surface area contributed by atoms with Gasteiger partial charge in [0, 0.05) is 14.4 Å². The highest BCUT2D eigenvalue weighted by atomic mass is 79.9. The second-order valence-corrected chi connectivity index (χ2v) is 7.20. The van der Waals surface area contributed by atoms with E-state index in [9.17, 15) is 4.79 Å². The highest BCUT2D eigenvalue weighted by molar-refractivity contribution is 9.10. The molecule has 2 rings (SSSR count). The Morgan fingerprint density at radius 3 is 2.73 bits per heavy atom. The van der Waals surface area contributed by atoms with E-state index in [2.05, 4.69) is 21.2 Å². The Morgan fingerprint density at radius 1 is 1.32 bits per heavy atom. The molecule has 2 aromatic carbocycles. The molecule has 0 aliphatic carbocycles. The minimum atomic E-state index is -0.262. The molecule has 22 heavy (non-hydrogen) atoms. The first-order chi connectivity index (χ1) is 10.5. The number of methoxy groups -OCH3 is 1. The van der Waals surface area contributed by atoms with E-state index in [0.717, 1.165) is 9.37 Å². The normalized spacial score (nSPS) is 11.8. The number of anilines is 1. The van der Waals surface area contributed by atoms with Gasteiger partial charge in [-0.2, -0.15) is 0 Å². The van der Waals surface area contributed by atoms with Crippen LogP contribution in [0.4, 0.5) is 5.69 Å². The number of hydrogen-bond acceptors (Lipinski definition) is 3. The van der Waals surface area contributed by atoms with Gasteiger partial charge < -0.3 is 10.1 Å². The molecular weight excluding hydrogens is 386 g/mol. The summed E-state index contributed by atoms with van der Waals surface area (Å²) in [7, 11) is 1.55. The van der Waals surface area contributed by atoms with Gasteiger partial charge in [0.1, 0.15) is 5.75 Å². The van der Waals surface area contributed by atoms with E-state index in [0.29, 0.717) is 16.5 Å². The van der Waals surface area contributed by atoms with E-state index < -0.39 is 0 Å². The molecule has 0 aliphatic rings. The summed E-state index contributed by atoms with van der Waals surface area (Å²) in [4.78, 5) is 13.4. The molecule has 1 atom stereocenters. The number of benzene rings is 2. The lowest BCUT2D eigenvalue weighted by atomic mass is 10.3. The molecule has 0 aromatic heterocycles. The molecular formula is C16H15BrClNO2S. The summed E-state index contributed by atoms with van der Waals surface area (Å²) in [6, 6.07) is 12.9. The highest BCUT2D eigenvalue weighted by Crippen LogP contribution is 2.32. The van der Waals surface area contributed by atoms with Crippen molar-refractivity contribution in [2.24, 2.45) is 0 Å². The van der Waals surface area contributed by atoms with Crippen LogP contribution in [0.25, 0.3) is 0 Å². The Labute approximate surface area is 147 Å². The van der Waals surface area contributed by atoms with Gasteiger partial charge in [-0.1, -0.05) is 23.7 Å². The van der Waals surface area contributed by atoms with Gasteiger partial charge in [0.2, 0.25) is 5.91 Å². The van der Waals surface area contributed by atoms with Gasteiger partial charge in [0.15, 0.2) is 0 Å². The second kappa shape index (κ2) is 7.90. The van der Waals surface area contributed by atoms with Crippen molar-refractivity contribution < 1.29 is 9.53 Å². The van der Waals surface area contributed by atoms with Crippen LogP contribution in [0.3, 0.4) is 0 Å². The zero-order chi connectivity index (χ0) is 16.1. The Hall–Kier alpha value is -1.17. The maximum atomic E-state index is 12.4. The SMILES string of the molecule is COc1ccc(Cl)cc1NC(=O)C(C)Sc1ccccc1Br. The van der Waals surface area contributed by atoms with Crippen molar-refractivity contribution in [3.63, 3.8) is 0 Å². The smallest absolute Gasteiger partial charge is 0.237 e. The maximum absolute atomic E-state index is 12.4. The molecule has 116 valence electrons. The van der Waals surface area contributed by atoms with Crippen molar-refractivity contribution >= 4 is 50.9 Å². The third kappa shape index (κ3) is 4.41. The van der Waals surface area contributed by atoms with Gasteiger partial charge in [-0.25, -0.2) is 0 Å². The van der Waals surface area contributed by atoms with E-state index in [-0.39, 0.29) is 11.2 Å². The van der Waals surface area contributed by atoms with E-state index in [4.69, 9.17) is 16.3 Å². The molecule has 3 nitrogen and oxygen atoms in total. The quantitative estimate of drug-likeness (QED) is 0.698. The average Bonchev–Trinajstić information content (AvgIpc) is 2.49. The van der Waals surface area contributed by atoms with Crippen LogP contribution in [0, 0.1) is 0 Å². The molecule has 0 heterocycles. The standard InChI is InChI=1S/C16H15BrClNO2S/c1-10(22-15-6-4-3-5-12(15)17)16(20)19-13-9-11(18)7-8-14(13)21-2/h3-10H,1-2H3,(H,19,20). The monoisotopic (exact) mass is 399 g/mol. The van der Waals surface area contributed by atoms with Gasteiger partial charge >= 0.3 is 0 Å². The zero-order valence-electron chi connectivity index (χ0n) is 12.1. The Kier molecular flexibility index (Phi) is 6.17. The summed E-state index contributed by atoms with van der Waals surface area (Å²) in [5, 5.41) is 3.14. The van der Waals surface area contributed by atoms with Crippen LogP contribution in [0.15, 0.2) is 51.8 Å². The topological polar surface area (TPSA) is 38.3 Å². The van der Waals surface area contributed by atoms with Crippen LogP contribution in [-0.4, -0.2) is 18.3 Å². The summed E-state index contributed by atoms with van der Waals surface area (Å²) in [6.07, 6.45) is 0. The summed E-state index contributed by atoms with van der Waals surface area (Å²) in [5.41, 5.74) is 0.569. The van der Waals surface area contributed by atoms with Crippen LogP contribution in [0.2, 0.25) is 5.02 Å². The number of carbonyl (C=O) groups excluding carboxylic acids is 1. The lowest BCUT2D eigenvalue weighted by Crippen LogP contribution is -2.22. The Bertz CT molecular complexity index is 681. The number of hydrogen-bond donors (Lipinski definition) is 1. The third-order valence-corrected chi connectivity index (χ3v) is 5.30. The third-order valence-electron chi connectivity index (χ3n) is 2.93. The number of amides is 1. The van der Waals surface area contributed by atoms with Crippen molar-refractivity contribution in [3.8, 4) is 5.75 Å². The van der Waals surface area contributed by atoms with Gasteiger partial charge in [-0.15, -0.1) is 11.8 Å². The van der Waals surface area contributed by atoms with E-state index in [1.54, 1.807) is 25.3 Å². The Balaban J connectivity index is 2.09. The van der Waals surface area contributed by atoms with Crippen LogP contribution in [-0.2, 0) is 4.79 Å². The van der Waals surface area contributed by atoms with E-state index >= 15 is 0 Å². The zero-order valence-corrected chi connectivity index (χ0v) is 15.3. The number of ether oxygens (including phenoxy) is 1. The van der Waals surface area contributed by atoms with Crippen LogP contribution in [0.5, 0.6) is 5.75 Å². The summed E-state index contributed by atoms with van der Waals surface area (Å²) in [5.74, 6) is 0.470. The van der Waals surface area contributed by atoms with Crippen LogP contribution >= 0.6 is 39.3 Å². The fourth-order valence-electron chi connectivity index (χ4n) is 1.80. The molecule has 0 saturated carbocycles. The van der Waals surface area contributed by atoms with Gasteiger partial charge in [-0.3, -0.25) is 4.79 Å². The van der Waals surface area contributed by atoms with Gasteiger partial charge in [0.05, 0.1) is 18.0 Å². The maximum Gasteiger partial charge on any atom is 0.237 e. The molecule has 0 bridgehead atoms. The first-order valence-corrected chi connectivity index (χ1v) is 8.62. The molecule has 0 aliphatic heterocycles. The van der Waals surface area contributed by atoms with E-state index in [1.807, 2.05) is 31.2 Å². The lowest BCUT2D eigenvalue weighted by molar-refractivity contribution is -0.115. The van der Waals surface area contributed by atoms with Crippen molar-refractivity contribution in [3.05, 3.63) is 52.0 Å². The minimum absolute atomic E-state index is 0.110. The predicted molar refractivity (Wildman–Crippen MR) is 96.1 cm³/mol. The number of nitrogens with one attached hydrogen (secondary N) is 1.